The van der Waals surface area contributed by atoms with Crippen molar-refractivity contribution in [2.24, 2.45) is 5.92 Å². The zero-order valence-corrected chi connectivity index (χ0v) is 10.8. The summed E-state index contributed by atoms with van der Waals surface area (Å²) in [6.45, 7) is 2.27. The van der Waals surface area contributed by atoms with Crippen molar-refractivity contribution in [2.45, 2.75) is 38.6 Å². The monoisotopic (exact) mass is 249 g/mol. The zero-order chi connectivity index (χ0) is 13.1. The normalized spacial score (nSPS) is 23.7. The minimum absolute atomic E-state index is 0.129. The van der Waals surface area contributed by atoms with E-state index in [0.29, 0.717) is 12.0 Å². The first-order valence-corrected chi connectivity index (χ1v) is 6.36. The number of rotatable bonds is 3. The fourth-order valence-corrected chi connectivity index (χ4v) is 2.53. The molecular weight excluding hydrogens is 230 g/mol. The summed E-state index contributed by atoms with van der Waals surface area (Å²) in [5.74, 6) is 0.360. The molecule has 1 N–H and O–H groups in total. The molecule has 0 saturated heterocycles. The molecule has 18 heavy (non-hydrogen) atoms. The highest BCUT2D eigenvalue weighted by atomic mass is 16.4. The van der Waals surface area contributed by atoms with E-state index in [0.717, 1.165) is 18.8 Å². The quantitative estimate of drug-likeness (QED) is 0.889. The lowest BCUT2D eigenvalue weighted by atomic mass is 9.86. The number of aromatic carboxylic acids is 1. The molecule has 1 aromatic rings. The molecule has 1 aromatic heterocycles. The summed E-state index contributed by atoms with van der Waals surface area (Å²) in [5, 5.41) is 8.80. The van der Waals surface area contributed by atoms with Crippen LogP contribution in [0.5, 0.6) is 0 Å². The molecule has 98 valence electrons. The van der Waals surface area contributed by atoms with Crippen LogP contribution in [0, 0.1) is 5.92 Å². The summed E-state index contributed by atoms with van der Waals surface area (Å²) in [6, 6.07) is 0.462. The second-order valence-corrected chi connectivity index (χ2v) is 5.11. The smallest absolute Gasteiger partial charge is 0.338 e. The van der Waals surface area contributed by atoms with Gasteiger partial charge in [-0.2, -0.15) is 0 Å². The number of carboxylic acid groups (broad SMARTS) is 1. The molecule has 1 saturated carbocycles. The Morgan fingerprint density at radius 3 is 2.61 bits per heavy atom. The van der Waals surface area contributed by atoms with Gasteiger partial charge >= 0.3 is 5.97 Å². The summed E-state index contributed by atoms with van der Waals surface area (Å²) < 4.78 is 0. The number of hydrogen-bond donors (Lipinski definition) is 1. The lowest BCUT2D eigenvalue weighted by Crippen LogP contribution is -2.36. The molecule has 0 aliphatic heterocycles. The average molecular weight is 249 g/mol. The van der Waals surface area contributed by atoms with Crippen LogP contribution in [0.4, 0.5) is 5.95 Å². The number of nitrogens with zero attached hydrogens (tertiary/aromatic N) is 3. The van der Waals surface area contributed by atoms with Gasteiger partial charge < -0.3 is 10.0 Å². The Labute approximate surface area is 107 Å². The van der Waals surface area contributed by atoms with Crippen molar-refractivity contribution in [1.29, 1.82) is 0 Å². The van der Waals surface area contributed by atoms with Crippen molar-refractivity contribution in [3.8, 4) is 0 Å². The highest BCUT2D eigenvalue weighted by molar-refractivity contribution is 5.86. The molecule has 5 heteroatoms. The number of anilines is 1. The fourth-order valence-electron chi connectivity index (χ4n) is 2.53. The van der Waals surface area contributed by atoms with Gasteiger partial charge in [0.1, 0.15) is 0 Å². The van der Waals surface area contributed by atoms with E-state index in [-0.39, 0.29) is 5.56 Å². The number of hydrogen-bond acceptors (Lipinski definition) is 4. The van der Waals surface area contributed by atoms with Crippen LogP contribution in [0.25, 0.3) is 0 Å². The van der Waals surface area contributed by atoms with Gasteiger partial charge in [-0.05, 0) is 18.8 Å². The summed E-state index contributed by atoms with van der Waals surface area (Å²) in [6.07, 6.45) is 7.58. The van der Waals surface area contributed by atoms with E-state index in [1.54, 1.807) is 0 Å². The first-order valence-electron chi connectivity index (χ1n) is 6.36. The molecule has 1 aliphatic carbocycles. The zero-order valence-electron chi connectivity index (χ0n) is 10.8. The summed E-state index contributed by atoms with van der Waals surface area (Å²) in [4.78, 5) is 21.1. The van der Waals surface area contributed by atoms with Crippen molar-refractivity contribution in [1.82, 2.24) is 9.97 Å². The third-order valence-corrected chi connectivity index (χ3v) is 3.66. The second kappa shape index (κ2) is 5.33. The van der Waals surface area contributed by atoms with E-state index >= 15 is 0 Å². The summed E-state index contributed by atoms with van der Waals surface area (Å²) >= 11 is 0. The summed E-state index contributed by atoms with van der Waals surface area (Å²) in [5.41, 5.74) is 0.129. The molecule has 1 fully saturated rings. The first kappa shape index (κ1) is 12.8. The van der Waals surface area contributed by atoms with Crippen LogP contribution in [0.15, 0.2) is 12.4 Å². The lowest BCUT2D eigenvalue weighted by Gasteiger charge is -2.34. The van der Waals surface area contributed by atoms with Gasteiger partial charge in [-0.25, -0.2) is 14.8 Å². The summed E-state index contributed by atoms with van der Waals surface area (Å²) in [7, 11) is 1.98. The Kier molecular flexibility index (Phi) is 3.79. The highest BCUT2D eigenvalue weighted by Crippen LogP contribution is 2.28. The van der Waals surface area contributed by atoms with Crippen LogP contribution in [-0.4, -0.2) is 34.1 Å². The van der Waals surface area contributed by atoms with E-state index < -0.39 is 5.97 Å². The molecule has 0 spiro atoms. The Bertz CT molecular complexity index is 419. The van der Waals surface area contributed by atoms with Crippen LogP contribution in [0.3, 0.4) is 0 Å². The van der Waals surface area contributed by atoms with Crippen LogP contribution < -0.4 is 4.90 Å². The number of aromatic nitrogens is 2. The van der Waals surface area contributed by atoms with Gasteiger partial charge in [-0.3, -0.25) is 0 Å². The fraction of sp³-hybridized carbons (Fsp3) is 0.615. The molecule has 2 rings (SSSR count). The Morgan fingerprint density at radius 2 is 2.06 bits per heavy atom. The molecular formula is C13H19N3O2. The maximum absolute atomic E-state index is 10.7. The molecule has 1 aliphatic rings. The number of carbonyl (C=O) groups is 1. The SMILES string of the molecule is CC1CCCC(N(C)c2ncc(C(=O)O)cn2)C1. The Morgan fingerprint density at radius 1 is 1.39 bits per heavy atom. The van der Waals surface area contributed by atoms with E-state index in [9.17, 15) is 4.79 Å². The molecule has 5 nitrogen and oxygen atoms in total. The molecule has 1 heterocycles. The minimum atomic E-state index is -0.990. The topological polar surface area (TPSA) is 66.3 Å². The van der Waals surface area contributed by atoms with E-state index in [2.05, 4.69) is 21.8 Å². The van der Waals surface area contributed by atoms with Crippen molar-refractivity contribution < 1.29 is 9.90 Å². The van der Waals surface area contributed by atoms with Crippen LogP contribution >= 0.6 is 0 Å². The average Bonchev–Trinajstić information content (AvgIpc) is 2.38. The van der Waals surface area contributed by atoms with Gasteiger partial charge in [0.15, 0.2) is 0 Å². The van der Waals surface area contributed by atoms with Crippen molar-refractivity contribution in [3.63, 3.8) is 0 Å². The van der Waals surface area contributed by atoms with Crippen LogP contribution in [-0.2, 0) is 0 Å². The lowest BCUT2D eigenvalue weighted by molar-refractivity contribution is 0.0696. The van der Waals surface area contributed by atoms with Crippen LogP contribution in [0.1, 0.15) is 43.0 Å². The molecule has 2 atom stereocenters. The van der Waals surface area contributed by atoms with Crippen molar-refractivity contribution in [2.75, 3.05) is 11.9 Å². The standard InChI is InChI=1S/C13H19N3O2/c1-9-4-3-5-11(6-9)16(2)13-14-7-10(8-15-13)12(17)18/h7-9,11H,3-6H2,1-2H3,(H,17,18). The molecule has 0 bridgehead atoms. The third-order valence-electron chi connectivity index (χ3n) is 3.66. The van der Waals surface area contributed by atoms with Crippen molar-refractivity contribution in [3.05, 3.63) is 18.0 Å². The third kappa shape index (κ3) is 2.78. The van der Waals surface area contributed by atoms with Gasteiger partial charge in [0, 0.05) is 25.5 Å². The maximum atomic E-state index is 10.7. The van der Waals surface area contributed by atoms with Gasteiger partial charge in [0.05, 0.1) is 5.56 Å². The van der Waals surface area contributed by atoms with Gasteiger partial charge in [0.25, 0.3) is 0 Å². The highest BCUT2D eigenvalue weighted by Gasteiger charge is 2.23. The molecule has 0 radical (unpaired) electrons. The van der Waals surface area contributed by atoms with E-state index in [1.165, 1.54) is 25.2 Å². The Hall–Kier alpha value is -1.65. The first-order chi connectivity index (χ1) is 8.58. The van der Waals surface area contributed by atoms with Gasteiger partial charge in [0.2, 0.25) is 5.95 Å². The van der Waals surface area contributed by atoms with E-state index in [1.807, 2.05) is 7.05 Å². The van der Waals surface area contributed by atoms with Gasteiger partial charge in [-0.15, -0.1) is 0 Å². The maximum Gasteiger partial charge on any atom is 0.338 e. The molecule has 0 aromatic carbocycles. The Balaban J connectivity index is 2.08. The second-order valence-electron chi connectivity index (χ2n) is 5.11. The molecule has 2 unspecified atom stereocenters. The predicted molar refractivity (Wildman–Crippen MR) is 68.8 cm³/mol. The number of carboxylic acids is 1. The van der Waals surface area contributed by atoms with Gasteiger partial charge in [-0.1, -0.05) is 19.8 Å². The predicted octanol–water partition coefficient (Wildman–Crippen LogP) is 2.19. The van der Waals surface area contributed by atoms with Crippen molar-refractivity contribution >= 4 is 11.9 Å². The largest absolute Gasteiger partial charge is 0.478 e. The van der Waals surface area contributed by atoms with Crippen LogP contribution in [0.2, 0.25) is 0 Å². The molecule has 0 amide bonds. The van der Waals surface area contributed by atoms with E-state index in [4.69, 9.17) is 5.11 Å². The minimum Gasteiger partial charge on any atom is -0.478 e.